The molecular formula is C17H16Cl2FN. The van der Waals surface area contributed by atoms with Crippen molar-refractivity contribution in [2.75, 3.05) is 13.1 Å². The third-order valence-electron chi connectivity index (χ3n) is 4.07. The van der Waals surface area contributed by atoms with Gasteiger partial charge in [0.05, 0.1) is 0 Å². The Labute approximate surface area is 134 Å². The van der Waals surface area contributed by atoms with Gasteiger partial charge in [-0.2, -0.15) is 0 Å². The third-order valence-corrected chi connectivity index (χ3v) is 4.53. The zero-order valence-electron chi connectivity index (χ0n) is 11.5. The van der Waals surface area contributed by atoms with Crippen LogP contribution in [0.25, 0.3) is 0 Å². The number of benzene rings is 2. The van der Waals surface area contributed by atoms with Crippen LogP contribution in [-0.4, -0.2) is 13.1 Å². The molecule has 3 rings (SSSR count). The van der Waals surface area contributed by atoms with E-state index in [-0.39, 0.29) is 17.7 Å². The molecule has 2 aromatic rings. The van der Waals surface area contributed by atoms with E-state index in [0.717, 1.165) is 30.1 Å². The predicted octanol–water partition coefficient (Wildman–Crippen LogP) is 4.99. The van der Waals surface area contributed by atoms with Crippen LogP contribution >= 0.6 is 23.2 Å². The molecule has 1 nitrogen and oxygen atoms in total. The van der Waals surface area contributed by atoms with Crippen molar-refractivity contribution in [3.63, 3.8) is 0 Å². The Hall–Kier alpha value is -1.09. The lowest BCUT2D eigenvalue weighted by Gasteiger charge is -2.33. The highest BCUT2D eigenvalue weighted by Crippen LogP contribution is 2.38. The van der Waals surface area contributed by atoms with Gasteiger partial charge in [0.15, 0.2) is 0 Å². The SMILES string of the molecule is Fc1cc(Cl)cc(C2CCNCC2c2cccc(Cl)c2)c1. The highest BCUT2D eigenvalue weighted by molar-refractivity contribution is 6.30. The summed E-state index contributed by atoms with van der Waals surface area (Å²) in [5, 5.41) is 4.59. The van der Waals surface area contributed by atoms with Crippen LogP contribution in [0.2, 0.25) is 10.0 Å². The van der Waals surface area contributed by atoms with Crippen molar-refractivity contribution in [1.29, 1.82) is 0 Å². The summed E-state index contributed by atoms with van der Waals surface area (Å²) < 4.78 is 13.7. The highest BCUT2D eigenvalue weighted by atomic mass is 35.5. The van der Waals surface area contributed by atoms with Gasteiger partial charge in [-0.1, -0.05) is 35.3 Å². The van der Waals surface area contributed by atoms with Crippen molar-refractivity contribution in [1.82, 2.24) is 5.32 Å². The molecule has 0 aromatic heterocycles. The first-order chi connectivity index (χ1) is 10.1. The second-order valence-electron chi connectivity index (χ2n) is 5.46. The monoisotopic (exact) mass is 323 g/mol. The van der Waals surface area contributed by atoms with E-state index in [2.05, 4.69) is 11.4 Å². The van der Waals surface area contributed by atoms with Crippen molar-refractivity contribution in [2.45, 2.75) is 18.3 Å². The van der Waals surface area contributed by atoms with Crippen LogP contribution in [0.1, 0.15) is 29.4 Å². The summed E-state index contributed by atoms with van der Waals surface area (Å²) in [6.07, 6.45) is 0.955. The van der Waals surface area contributed by atoms with Crippen LogP contribution in [0.5, 0.6) is 0 Å². The van der Waals surface area contributed by atoms with E-state index in [1.807, 2.05) is 24.3 Å². The van der Waals surface area contributed by atoms with E-state index in [4.69, 9.17) is 23.2 Å². The average molecular weight is 324 g/mol. The molecule has 1 N–H and O–H groups in total. The van der Waals surface area contributed by atoms with Gasteiger partial charge in [-0.25, -0.2) is 4.39 Å². The fourth-order valence-corrected chi connectivity index (χ4v) is 3.56. The molecule has 1 heterocycles. The maximum Gasteiger partial charge on any atom is 0.124 e. The number of hydrogen-bond acceptors (Lipinski definition) is 1. The Morgan fingerprint density at radius 2 is 1.76 bits per heavy atom. The summed E-state index contributed by atoms with van der Waals surface area (Å²) in [6.45, 7) is 1.79. The van der Waals surface area contributed by atoms with Gasteiger partial charge >= 0.3 is 0 Å². The molecule has 2 aromatic carbocycles. The lowest BCUT2D eigenvalue weighted by atomic mass is 9.77. The van der Waals surface area contributed by atoms with Crippen LogP contribution in [0.15, 0.2) is 42.5 Å². The van der Waals surface area contributed by atoms with Gasteiger partial charge in [0.2, 0.25) is 0 Å². The van der Waals surface area contributed by atoms with Gasteiger partial charge in [-0.3, -0.25) is 0 Å². The lowest BCUT2D eigenvalue weighted by Crippen LogP contribution is -2.34. The van der Waals surface area contributed by atoms with E-state index in [9.17, 15) is 4.39 Å². The quantitative estimate of drug-likeness (QED) is 0.820. The molecule has 2 atom stereocenters. The second kappa shape index (κ2) is 6.35. The topological polar surface area (TPSA) is 12.0 Å². The van der Waals surface area contributed by atoms with Gasteiger partial charge in [0, 0.05) is 22.5 Å². The first-order valence-corrected chi connectivity index (χ1v) is 7.81. The molecule has 21 heavy (non-hydrogen) atoms. The third kappa shape index (κ3) is 3.39. The largest absolute Gasteiger partial charge is 0.316 e. The maximum atomic E-state index is 13.7. The minimum atomic E-state index is -0.277. The minimum Gasteiger partial charge on any atom is -0.316 e. The van der Waals surface area contributed by atoms with Crippen LogP contribution in [-0.2, 0) is 0 Å². The maximum absolute atomic E-state index is 13.7. The summed E-state index contributed by atoms with van der Waals surface area (Å²) >= 11 is 12.1. The molecule has 1 saturated heterocycles. The van der Waals surface area contributed by atoms with Crippen molar-refractivity contribution >= 4 is 23.2 Å². The molecule has 0 amide bonds. The van der Waals surface area contributed by atoms with Crippen LogP contribution < -0.4 is 5.32 Å². The molecule has 1 aliphatic rings. The van der Waals surface area contributed by atoms with Gasteiger partial charge in [-0.15, -0.1) is 0 Å². The lowest BCUT2D eigenvalue weighted by molar-refractivity contribution is 0.403. The molecule has 1 fully saturated rings. The van der Waals surface area contributed by atoms with Gasteiger partial charge in [0.25, 0.3) is 0 Å². The van der Waals surface area contributed by atoms with Crippen molar-refractivity contribution in [2.24, 2.45) is 0 Å². The van der Waals surface area contributed by atoms with Crippen molar-refractivity contribution < 1.29 is 4.39 Å². The fourth-order valence-electron chi connectivity index (χ4n) is 3.13. The van der Waals surface area contributed by atoms with Gasteiger partial charge in [0.1, 0.15) is 5.82 Å². The number of rotatable bonds is 2. The van der Waals surface area contributed by atoms with Crippen LogP contribution in [0, 0.1) is 5.82 Å². The zero-order valence-corrected chi connectivity index (χ0v) is 13.0. The minimum absolute atomic E-state index is 0.248. The van der Waals surface area contributed by atoms with E-state index in [1.165, 1.54) is 11.6 Å². The molecule has 0 spiro atoms. The number of halogens is 3. The van der Waals surface area contributed by atoms with E-state index in [0.29, 0.717) is 5.02 Å². The first kappa shape index (κ1) is 14.8. The van der Waals surface area contributed by atoms with Gasteiger partial charge in [-0.05, 0) is 60.3 Å². The Bertz CT molecular complexity index is 624. The Morgan fingerprint density at radius 3 is 2.52 bits per heavy atom. The Kier molecular flexibility index (Phi) is 4.48. The first-order valence-electron chi connectivity index (χ1n) is 7.05. The van der Waals surface area contributed by atoms with E-state index >= 15 is 0 Å². The van der Waals surface area contributed by atoms with Crippen LogP contribution in [0.4, 0.5) is 4.39 Å². The summed E-state index contributed by atoms with van der Waals surface area (Å²) in [7, 11) is 0. The van der Waals surface area contributed by atoms with E-state index < -0.39 is 0 Å². The molecule has 0 bridgehead atoms. The number of hydrogen-bond donors (Lipinski definition) is 1. The predicted molar refractivity (Wildman–Crippen MR) is 85.8 cm³/mol. The summed E-state index contributed by atoms with van der Waals surface area (Å²) in [5.41, 5.74) is 2.14. The van der Waals surface area contributed by atoms with Crippen molar-refractivity contribution in [3.8, 4) is 0 Å². The molecule has 2 unspecified atom stereocenters. The smallest absolute Gasteiger partial charge is 0.124 e. The average Bonchev–Trinajstić information content (AvgIpc) is 2.46. The Balaban J connectivity index is 1.98. The highest BCUT2D eigenvalue weighted by Gasteiger charge is 2.28. The molecule has 0 radical (unpaired) electrons. The summed E-state index contributed by atoms with van der Waals surface area (Å²) in [6, 6.07) is 12.7. The van der Waals surface area contributed by atoms with Crippen molar-refractivity contribution in [3.05, 3.63) is 69.5 Å². The summed E-state index contributed by atoms with van der Waals surface area (Å²) in [4.78, 5) is 0. The van der Waals surface area contributed by atoms with Gasteiger partial charge < -0.3 is 5.32 Å². The summed E-state index contributed by atoms with van der Waals surface area (Å²) in [5.74, 6) is 0.245. The number of piperidine rings is 1. The molecular weight excluding hydrogens is 308 g/mol. The molecule has 110 valence electrons. The molecule has 0 aliphatic carbocycles. The molecule has 4 heteroatoms. The Morgan fingerprint density at radius 1 is 0.952 bits per heavy atom. The molecule has 0 saturated carbocycles. The number of nitrogens with one attached hydrogen (secondary N) is 1. The second-order valence-corrected chi connectivity index (χ2v) is 6.34. The zero-order chi connectivity index (χ0) is 14.8. The van der Waals surface area contributed by atoms with Crippen LogP contribution in [0.3, 0.4) is 0 Å². The fraction of sp³-hybridized carbons (Fsp3) is 0.294. The normalized spacial score (nSPS) is 22.2. The molecule has 1 aliphatic heterocycles. The van der Waals surface area contributed by atoms with E-state index in [1.54, 1.807) is 6.07 Å². The standard InChI is InChI=1S/C17H16Cl2FN/c18-13-3-1-2-11(6-13)17-10-21-5-4-16(17)12-7-14(19)9-15(20)8-12/h1-3,6-9,16-17,21H,4-5,10H2.